The van der Waals surface area contributed by atoms with E-state index in [1.165, 1.54) is 43.5 Å². The molecule has 0 spiro atoms. The molecule has 0 radical (unpaired) electrons. The number of phenols is 1. The first-order valence-electron chi connectivity index (χ1n) is 13.3. The van der Waals surface area contributed by atoms with Crippen LogP contribution in [0, 0.1) is 0 Å². The molecule has 0 bridgehead atoms. The molecule has 1 aromatic heterocycles. The standard InChI is InChI=1S/C30H34N2O11/c1-14(2)6-7-15-12-16(8-11-19(15)33)26(36)32-21-22(34)18-10-9-17(13-20(18)41-27(21)37)40-28-23(35)24(42-29(31)38)25(39-5)30(3,4)43-28/h6,8-13,23-25,28,33-35H,7H2,1-5H3,(H2,31,38)(H,32,36)/t23-,24?,25+,28?/m0/s1. The predicted octanol–water partition coefficient (Wildman–Crippen LogP) is 3.32. The summed E-state index contributed by atoms with van der Waals surface area (Å²) in [6, 6.07) is 8.33. The summed E-state index contributed by atoms with van der Waals surface area (Å²) >= 11 is 0. The van der Waals surface area contributed by atoms with Gasteiger partial charge in [-0.3, -0.25) is 4.79 Å². The topological polar surface area (TPSA) is 200 Å². The monoisotopic (exact) mass is 598 g/mol. The summed E-state index contributed by atoms with van der Waals surface area (Å²) in [5.74, 6) is -1.14. The van der Waals surface area contributed by atoms with Crippen molar-refractivity contribution in [2.24, 2.45) is 5.73 Å². The number of methoxy groups -OCH3 is 1. The van der Waals surface area contributed by atoms with Gasteiger partial charge in [-0.1, -0.05) is 11.6 Å². The number of aliphatic hydroxyl groups is 1. The Morgan fingerprint density at radius 1 is 1.14 bits per heavy atom. The highest BCUT2D eigenvalue weighted by molar-refractivity contribution is 6.06. The molecule has 43 heavy (non-hydrogen) atoms. The molecule has 2 heterocycles. The van der Waals surface area contributed by atoms with Crippen molar-refractivity contribution in [3.8, 4) is 17.2 Å². The van der Waals surface area contributed by atoms with Crippen molar-refractivity contribution in [1.82, 2.24) is 0 Å². The van der Waals surface area contributed by atoms with Crippen molar-refractivity contribution in [3.05, 3.63) is 69.6 Å². The molecule has 3 aromatic rings. The number of benzene rings is 2. The van der Waals surface area contributed by atoms with Crippen LogP contribution < -0.4 is 21.4 Å². The summed E-state index contributed by atoms with van der Waals surface area (Å²) in [6.45, 7) is 7.12. The van der Waals surface area contributed by atoms with Crippen LogP contribution in [0.5, 0.6) is 17.2 Å². The van der Waals surface area contributed by atoms with Gasteiger partial charge in [0.15, 0.2) is 23.6 Å². The maximum Gasteiger partial charge on any atom is 0.404 e. The number of nitrogens with two attached hydrogens (primary N) is 1. The number of fused-ring (bicyclic) bond motifs is 1. The van der Waals surface area contributed by atoms with Gasteiger partial charge in [-0.2, -0.15) is 0 Å². The van der Waals surface area contributed by atoms with E-state index in [0.29, 0.717) is 12.0 Å². The number of anilines is 1. The number of amides is 2. The second-order valence-corrected chi connectivity index (χ2v) is 10.8. The van der Waals surface area contributed by atoms with Crippen LogP contribution in [-0.4, -0.2) is 64.6 Å². The molecule has 6 N–H and O–H groups in total. The van der Waals surface area contributed by atoms with E-state index < -0.39 is 59.3 Å². The lowest BCUT2D eigenvalue weighted by Gasteiger charge is -2.47. The van der Waals surface area contributed by atoms with E-state index in [-0.39, 0.29) is 28.0 Å². The number of hydrogen-bond acceptors (Lipinski definition) is 11. The lowest BCUT2D eigenvalue weighted by atomic mass is 9.89. The Labute approximate surface area is 246 Å². The molecule has 1 fully saturated rings. The maximum atomic E-state index is 12.9. The summed E-state index contributed by atoms with van der Waals surface area (Å²) in [5.41, 5.74) is 4.19. The van der Waals surface area contributed by atoms with Gasteiger partial charge in [0.05, 0.1) is 11.0 Å². The number of hydrogen-bond donors (Lipinski definition) is 5. The van der Waals surface area contributed by atoms with E-state index in [4.69, 9.17) is 29.1 Å². The fourth-order valence-corrected chi connectivity index (χ4v) is 4.82. The van der Waals surface area contributed by atoms with Gasteiger partial charge in [0.1, 0.15) is 23.2 Å². The molecule has 1 saturated heterocycles. The van der Waals surface area contributed by atoms with Crippen LogP contribution in [0.25, 0.3) is 11.0 Å². The Kier molecular flexibility index (Phi) is 8.99. The van der Waals surface area contributed by atoms with Crippen molar-refractivity contribution >= 4 is 28.7 Å². The summed E-state index contributed by atoms with van der Waals surface area (Å²) in [4.78, 5) is 37.2. The van der Waals surface area contributed by atoms with E-state index in [1.807, 2.05) is 19.9 Å². The number of primary amides is 1. The third-order valence-corrected chi connectivity index (χ3v) is 6.94. The number of carbonyl (C=O) groups is 2. The van der Waals surface area contributed by atoms with Gasteiger partial charge in [-0.15, -0.1) is 0 Å². The van der Waals surface area contributed by atoms with Gasteiger partial charge >= 0.3 is 11.7 Å². The SMILES string of the molecule is CO[C@@H]1C(OC(N)=O)[C@H](O)C(Oc2ccc3c(O)c(NC(=O)c4ccc(O)c(CC=C(C)C)c4)c(=O)oc3c2)OC1(C)C. The normalized spacial score (nSPS) is 21.2. The third kappa shape index (κ3) is 6.74. The van der Waals surface area contributed by atoms with E-state index >= 15 is 0 Å². The third-order valence-electron chi connectivity index (χ3n) is 6.94. The first-order valence-corrected chi connectivity index (χ1v) is 13.3. The molecule has 2 amide bonds. The minimum absolute atomic E-state index is 0.0179. The Morgan fingerprint density at radius 3 is 2.51 bits per heavy atom. The summed E-state index contributed by atoms with van der Waals surface area (Å²) in [7, 11) is 1.36. The number of phenolic OH excluding ortho intramolecular Hbond substituents is 1. The fraction of sp³-hybridized carbons (Fsp3) is 0.367. The molecule has 230 valence electrons. The highest BCUT2D eigenvalue weighted by Gasteiger charge is 2.53. The molecule has 0 aliphatic carbocycles. The molecule has 4 rings (SSSR count). The molecule has 2 aromatic carbocycles. The zero-order chi connectivity index (χ0) is 31.6. The largest absolute Gasteiger partial charge is 0.508 e. The van der Waals surface area contributed by atoms with E-state index in [1.54, 1.807) is 13.8 Å². The number of carbonyl (C=O) groups excluding carboxylic acids is 2. The van der Waals surface area contributed by atoms with Gasteiger partial charge < -0.3 is 49.7 Å². The molecule has 13 heteroatoms. The number of nitrogens with one attached hydrogen (secondary N) is 1. The van der Waals surface area contributed by atoms with Crippen LogP contribution in [0.15, 0.2) is 57.3 Å². The molecule has 1 aliphatic rings. The van der Waals surface area contributed by atoms with Crippen molar-refractivity contribution < 1.29 is 48.3 Å². The maximum absolute atomic E-state index is 12.9. The van der Waals surface area contributed by atoms with Crippen molar-refractivity contribution in [2.45, 2.75) is 64.3 Å². The number of rotatable bonds is 8. The van der Waals surface area contributed by atoms with Gasteiger partial charge in [0, 0.05) is 18.7 Å². The van der Waals surface area contributed by atoms with Crippen molar-refractivity contribution in [3.63, 3.8) is 0 Å². The zero-order valence-electron chi connectivity index (χ0n) is 24.2. The number of ether oxygens (including phenoxy) is 4. The minimum Gasteiger partial charge on any atom is -0.508 e. The molecule has 4 atom stereocenters. The number of aliphatic hydroxyl groups excluding tert-OH is 1. The number of aromatic hydroxyl groups is 2. The quantitative estimate of drug-likeness (QED) is 0.188. The molecule has 13 nitrogen and oxygen atoms in total. The average molecular weight is 599 g/mol. The second-order valence-electron chi connectivity index (χ2n) is 10.8. The van der Waals surface area contributed by atoms with Crippen LogP contribution in [0.2, 0.25) is 0 Å². The van der Waals surface area contributed by atoms with Crippen LogP contribution >= 0.6 is 0 Å². The first-order chi connectivity index (χ1) is 20.2. The molecule has 0 saturated carbocycles. The first kappa shape index (κ1) is 31.3. The van der Waals surface area contributed by atoms with Gasteiger partial charge in [0.25, 0.3) is 5.91 Å². The van der Waals surface area contributed by atoms with Crippen LogP contribution in [0.3, 0.4) is 0 Å². The molecular formula is C30H34N2O11. The van der Waals surface area contributed by atoms with Crippen LogP contribution in [-0.2, 0) is 20.6 Å². The van der Waals surface area contributed by atoms with E-state index in [9.17, 15) is 29.7 Å². The Balaban J connectivity index is 1.58. The molecular weight excluding hydrogens is 564 g/mol. The minimum atomic E-state index is -1.51. The molecule has 2 unspecified atom stereocenters. The van der Waals surface area contributed by atoms with Crippen molar-refractivity contribution in [1.29, 1.82) is 0 Å². The van der Waals surface area contributed by atoms with E-state index in [2.05, 4.69) is 5.32 Å². The smallest absolute Gasteiger partial charge is 0.404 e. The van der Waals surface area contributed by atoms with Gasteiger partial charge in [-0.25, -0.2) is 9.59 Å². The molecule has 1 aliphatic heterocycles. The van der Waals surface area contributed by atoms with Crippen LogP contribution in [0.4, 0.5) is 10.5 Å². The van der Waals surface area contributed by atoms with Crippen molar-refractivity contribution in [2.75, 3.05) is 12.4 Å². The van der Waals surface area contributed by atoms with Gasteiger partial charge in [-0.05, 0) is 70.0 Å². The van der Waals surface area contributed by atoms with Crippen LogP contribution in [0.1, 0.15) is 43.6 Å². The summed E-state index contributed by atoms with van der Waals surface area (Å²) in [6.07, 6.45) is -3.79. The van der Waals surface area contributed by atoms with E-state index in [0.717, 1.165) is 5.57 Å². The Morgan fingerprint density at radius 2 is 1.86 bits per heavy atom. The lowest BCUT2D eigenvalue weighted by molar-refractivity contribution is -0.304. The summed E-state index contributed by atoms with van der Waals surface area (Å²) < 4.78 is 27.5. The average Bonchev–Trinajstić information content (AvgIpc) is 2.92. The Hall–Kier alpha value is -4.59. The highest BCUT2D eigenvalue weighted by atomic mass is 16.7. The number of allylic oxidation sites excluding steroid dienone is 2. The Bertz CT molecular complexity index is 1620. The highest BCUT2D eigenvalue weighted by Crippen LogP contribution is 2.36. The zero-order valence-corrected chi connectivity index (χ0v) is 24.2. The predicted molar refractivity (Wildman–Crippen MR) is 154 cm³/mol. The fourth-order valence-electron chi connectivity index (χ4n) is 4.82. The van der Waals surface area contributed by atoms with Gasteiger partial charge in [0.2, 0.25) is 6.29 Å². The second kappa shape index (κ2) is 12.3. The lowest BCUT2D eigenvalue weighted by Crippen LogP contribution is -2.65. The summed E-state index contributed by atoms with van der Waals surface area (Å²) in [5, 5.41) is 34.3.